The number of carbonyl (C=O) groups is 1. The average Bonchev–Trinajstić information content (AvgIpc) is 3.31. The molecule has 0 bridgehead atoms. The Labute approximate surface area is 208 Å². The van der Waals surface area contributed by atoms with Crippen LogP contribution in [0.2, 0.25) is 5.02 Å². The molecule has 0 aliphatic rings. The Morgan fingerprint density at radius 3 is 2.74 bits per heavy atom. The molecule has 0 saturated carbocycles. The summed E-state index contributed by atoms with van der Waals surface area (Å²) in [5, 5.41) is 21.0. The smallest absolute Gasteiger partial charge is 0.296 e. The quantitative estimate of drug-likeness (QED) is 0.326. The summed E-state index contributed by atoms with van der Waals surface area (Å²) < 4.78 is 24.5. The number of alkyl halides is 1. The third-order valence-corrected chi connectivity index (χ3v) is 5.66. The van der Waals surface area contributed by atoms with E-state index in [-0.39, 0.29) is 28.2 Å². The van der Waals surface area contributed by atoms with Gasteiger partial charge in [-0.25, -0.2) is 4.39 Å². The molecule has 0 saturated heterocycles. The van der Waals surface area contributed by atoms with Crippen molar-refractivity contribution < 1.29 is 18.7 Å². The Morgan fingerprint density at radius 1 is 1.20 bits per heavy atom. The first-order valence-corrected chi connectivity index (χ1v) is 11.4. The Hall–Kier alpha value is -4.07. The summed E-state index contributed by atoms with van der Waals surface area (Å²) in [6, 6.07) is 15.2. The standard InChI is InChI=1S/C24H17ClFN5O3S/c1-14(26)34-21-7-4-16(11-27)10-19(21)20-12-28-9-8-18(20)22(32)29-23-30-31-24(35-23)33-13-15-2-5-17(25)6-3-15/h2-10,12,14H,13H2,1H3,(H,29,30,32). The zero-order valence-corrected chi connectivity index (χ0v) is 19.8. The van der Waals surface area contributed by atoms with E-state index < -0.39 is 12.3 Å². The number of hydrogen-bond donors (Lipinski definition) is 1. The average molecular weight is 510 g/mol. The molecule has 8 nitrogen and oxygen atoms in total. The number of nitrogens with one attached hydrogen (secondary N) is 1. The van der Waals surface area contributed by atoms with Gasteiger partial charge in [0.1, 0.15) is 12.4 Å². The lowest BCUT2D eigenvalue weighted by Crippen LogP contribution is -2.14. The topological polar surface area (TPSA) is 110 Å². The van der Waals surface area contributed by atoms with Crippen molar-refractivity contribution in [2.75, 3.05) is 5.32 Å². The minimum absolute atomic E-state index is 0.176. The molecule has 4 aromatic rings. The van der Waals surface area contributed by atoms with Gasteiger partial charge in [0.2, 0.25) is 11.5 Å². The van der Waals surface area contributed by atoms with Crippen LogP contribution >= 0.6 is 22.9 Å². The Bertz CT molecular complexity index is 1390. The van der Waals surface area contributed by atoms with Crippen molar-refractivity contribution in [1.82, 2.24) is 15.2 Å². The van der Waals surface area contributed by atoms with Gasteiger partial charge in [0.25, 0.3) is 11.1 Å². The summed E-state index contributed by atoms with van der Waals surface area (Å²) in [6.07, 6.45) is 1.30. The number of pyridine rings is 1. The van der Waals surface area contributed by atoms with Crippen LogP contribution in [0.3, 0.4) is 0 Å². The Kier molecular flexibility index (Phi) is 7.50. The van der Waals surface area contributed by atoms with Crippen molar-refractivity contribution in [3.8, 4) is 28.1 Å². The second-order valence-electron chi connectivity index (χ2n) is 7.15. The van der Waals surface area contributed by atoms with E-state index in [2.05, 4.69) is 20.5 Å². The van der Waals surface area contributed by atoms with Crippen LogP contribution < -0.4 is 14.8 Å². The molecule has 35 heavy (non-hydrogen) atoms. The maximum absolute atomic E-state index is 13.6. The Balaban J connectivity index is 1.53. The first-order valence-electron chi connectivity index (χ1n) is 10.2. The molecule has 0 fully saturated rings. The number of carbonyl (C=O) groups excluding carboxylic acids is 1. The van der Waals surface area contributed by atoms with Gasteiger partial charge in [-0.15, -0.1) is 5.10 Å². The lowest BCUT2D eigenvalue weighted by atomic mass is 9.99. The molecule has 0 radical (unpaired) electrons. The summed E-state index contributed by atoms with van der Waals surface area (Å²) in [5.41, 5.74) is 2.17. The van der Waals surface area contributed by atoms with Crippen LogP contribution in [0.1, 0.15) is 28.4 Å². The summed E-state index contributed by atoms with van der Waals surface area (Å²) in [4.78, 5) is 17.2. The molecule has 2 aromatic heterocycles. The normalized spacial score (nSPS) is 11.4. The minimum atomic E-state index is -1.59. The van der Waals surface area contributed by atoms with Crippen LogP contribution in [-0.2, 0) is 6.61 Å². The van der Waals surface area contributed by atoms with E-state index >= 15 is 0 Å². The molecule has 0 spiro atoms. The molecule has 1 unspecified atom stereocenters. The highest BCUT2D eigenvalue weighted by Gasteiger charge is 2.19. The molecule has 4 rings (SSSR count). The number of rotatable bonds is 8. The molecule has 11 heteroatoms. The van der Waals surface area contributed by atoms with Gasteiger partial charge in [0, 0.05) is 35.5 Å². The van der Waals surface area contributed by atoms with Gasteiger partial charge in [-0.2, -0.15) is 5.26 Å². The van der Waals surface area contributed by atoms with E-state index in [4.69, 9.17) is 21.1 Å². The molecule has 0 aliphatic heterocycles. The van der Waals surface area contributed by atoms with Gasteiger partial charge >= 0.3 is 0 Å². The molecule has 1 amide bonds. The van der Waals surface area contributed by atoms with Gasteiger partial charge in [-0.3, -0.25) is 15.1 Å². The Morgan fingerprint density at radius 2 is 2.00 bits per heavy atom. The highest BCUT2D eigenvalue weighted by atomic mass is 35.5. The van der Waals surface area contributed by atoms with Gasteiger partial charge < -0.3 is 9.47 Å². The molecular formula is C24H17ClFN5O3S. The maximum atomic E-state index is 13.6. The third kappa shape index (κ3) is 6.09. The highest BCUT2D eigenvalue weighted by Crippen LogP contribution is 2.34. The second-order valence-corrected chi connectivity index (χ2v) is 8.52. The number of ether oxygens (including phenoxy) is 2. The summed E-state index contributed by atoms with van der Waals surface area (Å²) in [7, 11) is 0. The van der Waals surface area contributed by atoms with Gasteiger partial charge in [-0.05, 0) is 53.3 Å². The zero-order chi connectivity index (χ0) is 24.8. The van der Waals surface area contributed by atoms with Gasteiger partial charge in [0.15, 0.2) is 0 Å². The fourth-order valence-electron chi connectivity index (χ4n) is 3.10. The molecule has 1 N–H and O–H groups in total. The zero-order valence-electron chi connectivity index (χ0n) is 18.2. The van der Waals surface area contributed by atoms with E-state index in [1.807, 2.05) is 18.2 Å². The van der Waals surface area contributed by atoms with Crippen molar-refractivity contribution in [2.24, 2.45) is 0 Å². The lowest BCUT2D eigenvalue weighted by molar-refractivity contribution is 0.0867. The van der Waals surface area contributed by atoms with Crippen molar-refractivity contribution in [3.05, 3.63) is 82.6 Å². The number of halogens is 2. The minimum Gasteiger partial charge on any atom is -0.464 e. The van der Waals surface area contributed by atoms with Gasteiger partial charge in [-0.1, -0.05) is 28.8 Å². The fraction of sp³-hybridized carbons (Fsp3) is 0.125. The van der Waals surface area contributed by atoms with Crippen LogP contribution in [-0.4, -0.2) is 27.4 Å². The van der Waals surface area contributed by atoms with E-state index in [1.54, 1.807) is 12.1 Å². The van der Waals surface area contributed by atoms with Crippen LogP contribution in [0.15, 0.2) is 60.9 Å². The number of nitrogens with zero attached hydrogens (tertiary/aromatic N) is 4. The van der Waals surface area contributed by atoms with Crippen molar-refractivity contribution in [3.63, 3.8) is 0 Å². The number of nitriles is 1. The molecular weight excluding hydrogens is 493 g/mol. The predicted octanol–water partition coefficient (Wildman–Crippen LogP) is 5.65. The number of amides is 1. The second kappa shape index (κ2) is 10.9. The van der Waals surface area contributed by atoms with Crippen LogP contribution in [0.5, 0.6) is 10.9 Å². The van der Waals surface area contributed by atoms with Crippen molar-refractivity contribution >= 4 is 34.0 Å². The highest BCUT2D eigenvalue weighted by molar-refractivity contribution is 7.17. The van der Waals surface area contributed by atoms with E-state index in [0.717, 1.165) is 16.9 Å². The molecule has 2 aromatic carbocycles. The molecule has 2 heterocycles. The van der Waals surface area contributed by atoms with Crippen molar-refractivity contribution in [1.29, 1.82) is 5.26 Å². The van der Waals surface area contributed by atoms with E-state index in [0.29, 0.717) is 21.7 Å². The number of hydrogen-bond acceptors (Lipinski definition) is 8. The van der Waals surface area contributed by atoms with Crippen molar-refractivity contribution in [2.45, 2.75) is 19.9 Å². The van der Waals surface area contributed by atoms with Crippen LogP contribution in [0.25, 0.3) is 11.1 Å². The SMILES string of the molecule is CC(F)Oc1ccc(C#N)cc1-c1cnccc1C(=O)Nc1nnc(OCc2ccc(Cl)cc2)s1. The first kappa shape index (κ1) is 24.1. The molecule has 176 valence electrons. The lowest BCUT2D eigenvalue weighted by Gasteiger charge is -2.15. The molecule has 0 aliphatic carbocycles. The van der Waals surface area contributed by atoms with E-state index in [1.165, 1.54) is 43.6 Å². The van der Waals surface area contributed by atoms with E-state index in [9.17, 15) is 14.4 Å². The summed E-state index contributed by atoms with van der Waals surface area (Å²) in [6.45, 7) is 1.50. The number of anilines is 1. The summed E-state index contributed by atoms with van der Waals surface area (Å²) >= 11 is 6.95. The maximum Gasteiger partial charge on any atom is 0.296 e. The fourth-order valence-corrected chi connectivity index (χ4v) is 3.82. The third-order valence-electron chi connectivity index (χ3n) is 4.66. The monoisotopic (exact) mass is 509 g/mol. The summed E-state index contributed by atoms with van der Waals surface area (Å²) in [5.74, 6) is -0.320. The molecule has 1 atom stereocenters. The first-order chi connectivity index (χ1) is 16.9. The van der Waals surface area contributed by atoms with Gasteiger partial charge in [0.05, 0.1) is 17.2 Å². The van der Waals surface area contributed by atoms with Crippen LogP contribution in [0, 0.1) is 11.3 Å². The largest absolute Gasteiger partial charge is 0.464 e. The number of aromatic nitrogens is 3. The predicted molar refractivity (Wildman–Crippen MR) is 129 cm³/mol. The number of benzene rings is 2. The van der Waals surface area contributed by atoms with Crippen LogP contribution in [0.4, 0.5) is 9.52 Å².